The van der Waals surface area contributed by atoms with Crippen molar-refractivity contribution in [3.8, 4) is 0 Å². The molecule has 12 heavy (non-hydrogen) atoms. The number of rotatable bonds is 1. The Balaban J connectivity index is 1.99. The fraction of sp³-hybridized carbons (Fsp3) is 1.00. The van der Waals surface area contributed by atoms with Gasteiger partial charge in [-0.3, -0.25) is 14.0 Å². The summed E-state index contributed by atoms with van der Waals surface area (Å²) in [7, 11) is 4.45. The Bertz CT molecular complexity index is 148. The Labute approximate surface area is 76.2 Å². The monoisotopic (exact) mass is 187 g/mol. The summed E-state index contributed by atoms with van der Waals surface area (Å²) in [4.78, 5) is 0. The van der Waals surface area contributed by atoms with Crippen molar-refractivity contribution in [2.45, 2.75) is 12.8 Å². The molecule has 2 aliphatic rings. The lowest BCUT2D eigenvalue weighted by molar-refractivity contribution is 0.487. The van der Waals surface area contributed by atoms with E-state index >= 15 is 0 Å². The first-order valence-electron chi connectivity index (χ1n) is 4.76. The minimum Gasteiger partial charge on any atom is -0.259 e. The normalized spacial score (nSPS) is 30.5. The van der Waals surface area contributed by atoms with Crippen LogP contribution >= 0.6 is 8.37 Å². The molecule has 70 valence electrons. The maximum atomic E-state index is 2.66. The van der Waals surface area contributed by atoms with Crippen LogP contribution in [0.5, 0.6) is 0 Å². The van der Waals surface area contributed by atoms with E-state index in [1.165, 1.54) is 39.0 Å². The highest BCUT2D eigenvalue weighted by molar-refractivity contribution is 7.50. The second kappa shape index (κ2) is 3.59. The lowest BCUT2D eigenvalue weighted by Gasteiger charge is -2.32. The van der Waals surface area contributed by atoms with Crippen LogP contribution in [0.25, 0.3) is 0 Å². The van der Waals surface area contributed by atoms with Gasteiger partial charge in [0, 0.05) is 26.2 Å². The van der Waals surface area contributed by atoms with Gasteiger partial charge < -0.3 is 0 Å². The van der Waals surface area contributed by atoms with E-state index in [1.807, 2.05) is 0 Å². The highest BCUT2D eigenvalue weighted by atomic mass is 31.2. The van der Waals surface area contributed by atoms with Crippen molar-refractivity contribution in [3.05, 3.63) is 0 Å². The Hall–Kier alpha value is 0.310. The van der Waals surface area contributed by atoms with Crippen LogP contribution in [0.1, 0.15) is 12.8 Å². The number of hydrogen-bond acceptors (Lipinski definition) is 3. The molecule has 0 aromatic heterocycles. The van der Waals surface area contributed by atoms with Gasteiger partial charge >= 0.3 is 0 Å². The third-order valence-corrected chi connectivity index (χ3v) is 5.22. The molecular weight excluding hydrogens is 169 g/mol. The molecule has 0 saturated carbocycles. The molecule has 2 rings (SSSR count). The van der Waals surface area contributed by atoms with E-state index in [1.54, 1.807) is 0 Å². The zero-order valence-corrected chi connectivity index (χ0v) is 8.93. The van der Waals surface area contributed by atoms with Crippen molar-refractivity contribution in [1.82, 2.24) is 14.0 Å². The maximum Gasteiger partial charge on any atom is 0.119 e. The molecule has 0 N–H and O–H groups in total. The molecule has 2 fully saturated rings. The van der Waals surface area contributed by atoms with Gasteiger partial charge in [0.25, 0.3) is 0 Å². The minimum atomic E-state index is -0.0687. The Morgan fingerprint density at radius 2 is 1.33 bits per heavy atom. The molecule has 0 aromatic rings. The summed E-state index contributed by atoms with van der Waals surface area (Å²) in [6.07, 6.45) is 2.81. The minimum absolute atomic E-state index is 0.0687. The lowest BCUT2D eigenvalue weighted by Crippen LogP contribution is -2.24. The molecule has 0 aliphatic carbocycles. The molecule has 0 spiro atoms. The van der Waals surface area contributed by atoms with Crippen LogP contribution < -0.4 is 0 Å². The first kappa shape index (κ1) is 8.89. The smallest absolute Gasteiger partial charge is 0.119 e. The third-order valence-electron chi connectivity index (χ3n) is 2.69. The van der Waals surface area contributed by atoms with E-state index in [0.717, 1.165) is 0 Å². The summed E-state index contributed by atoms with van der Waals surface area (Å²) in [6.45, 7) is 5.14. The fourth-order valence-electron chi connectivity index (χ4n) is 2.04. The van der Waals surface area contributed by atoms with Crippen molar-refractivity contribution in [1.29, 1.82) is 0 Å². The largest absolute Gasteiger partial charge is 0.259 e. The first-order valence-corrected chi connectivity index (χ1v) is 5.96. The van der Waals surface area contributed by atoms with Crippen LogP contribution in [-0.4, -0.2) is 54.3 Å². The van der Waals surface area contributed by atoms with E-state index in [-0.39, 0.29) is 8.37 Å². The molecular formula is C8H18N3P. The van der Waals surface area contributed by atoms with Gasteiger partial charge in [-0.15, -0.1) is 0 Å². The van der Waals surface area contributed by atoms with Crippen molar-refractivity contribution < 1.29 is 0 Å². The predicted molar refractivity (Wildman–Crippen MR) is 53.0 cm³/mol. The van der Waals surface area contributed by atoms with Crippen molar-refractivity contribution in [3.63, 3.8) is 0 Å². The first-order chi connectivity index (χ1) is 5.79. The highest BCUT2D eigenvalue weighted by Crippen LogP contribution is 2.50. The quantitative estimate of drug-likeness (QED) is 0.571. The molecule has 0 radical (unpaired) electrons. The van der Waals surface area contributed by atoms with Crippen LogP contribution in [0.2, 0.25) is 0 Å². The predicted octanol–water partition coefficient (Wildman–Crippen LogP) is 1.19. The number of likely N-dealkylation sites (N-methyl/N-ethyl adjacent to an activating group) is 2. The molecule has 2 saturated heterocycles. The summed E-state index contributed by atoms with van der Waals surface area (Å²) < 4.78 is 7.68. The van der Waals surface area contributed by atoms with Crippen molar-refractivity contribution >= 4 is 8.37 Å². The van der Waals surface area contributed by atoms with Crippen molar-refractivity contribution in [2.75, 3.05) is 40.3 Å². The second-order valence-corrected chi connectivity index (χ2v) is 6.16. The molecule has 0 aromatic carbocycles. The molecule has 2 heterocycles. The molecule has 2 aliphatic heterocycles. The summed E-state index contributed by atoms with van der Waals surface area (Å²) in [5.74, 6) is 0. The summed E-state index contributed by atoms with van der Waals surface area (Å²) in [5.41, 5.74) is 0. The van der Waals surface area contributed by atoms with E-state index in [2.05, 4.69) is 28.1 Å². The Kier molecular flexibility index (Phi) is 2.66. The van der Waals surface area contributed by atoms with E-state index in [9.17, 15) is 0 Å². The molecule has 0 atom stereocenters. The van der Waals surface area contributed by atoms with Crippen LogP contribution in [0.4, 0.5) is 0 Å². The average Bonchev–Trinajstić information content (AvgIpc) is 2.61. The maximum absolute atomic E-state index is 2.66. The SMILES string of the molecule is CN1CCN(C)P1N1CCCC1. The zero-order chi connectivity index (χ0) is 8.55. The number of hydrogen-bond donors (Lipinski definition) is 0. The zero-order valence-electron chi connectivity index (χ0n) is 8.03. The van der Waals surface area contributed by atoms with E-state index in [0.29, 0.717) is 0 Å². The average molecular weight is 187 g/mol. The van der Waals surface area contributed by atoms with Crippen LogP contribution in [0.3, 0.4) is 0 Å². The summed E-state index contributed by atoms with van der Waals surface area (Å²) in [5, 5.41) is 0. The standard InChI is InChI=1S/C8H18N3P/c1-9-7-8-10(2)12(9)11-5-3-4-6-11/h3-8H2,1-2H3. The van der Waals surface area contributed by atoms with Gasteiger partial charge in [0.2, 0.25) is 0 Å². The van der Waals surface area contributed by atoms with Crippen LogP contribution in [-0.2, 0) is 0 Å². The Morgan fingerprint density at radius 1 is 0.833 bits per heavy atom. The van der Waals surface area contributed by atoms with Gasteiger partial charge in [0.15, 0.2) is 0 Å². The fourth-order valence-corrected chi connectivity index (χ4v) is 4.60. The van der Waals surface area contributed by atoms with Crippen LogP contribution in [0.15, 0.2) is 0 Å². The van der Waals surface area contributed by atoms with Gasteiger partial charge in [-0.05, 0) is 26.9 Å². The molecule has 3 nitrogen and oxygen atoms in total. The van der Waals surface area contributed by atoms with Gasteiger partial charge in [0.1, 0.15) is 8.37 Å². The Morgan fingerprint density at radius 3 is 1.83 bits per heavy atom. The molecule has 0 bridgehead atoms. The molecule has 0 unspecified atom stereocenters. The number of nitrogens with zero attached hydrogens (tertiary/aromatic N) is 3. The lowest BCUT2D eigenvalue weighted by atomic mass is 10.4. The van der Waals surface area contributed by atoms with Gasteiger partial charge in [-0.2, -0.15) is 0 Å². The molecule has 4 heteroatoms. The second-order valence-electron chi connectivity index (χ2n) is 3.69. The van der Waals surface area contributed by atoms with E-state index in [4.69, 9.17) is 0 Å². The summed E-state index contributed by atoms with van der Waals surface area (Å²) >= 11 is 0. The third kappa shape index (κ3) is 1.51. The van der Waals surface area contributed by atoms with E-state index < -0.39 is 0 Å². The summed E-state index contributed by atoms with van der Waals surface area (Å²) in [6, 6.07) is 0. The van der Waals surface area contributed by atoms with Gasteiger partial charge in [-0.1, -0.05) is 0 Å². The molecule has 0 amide bonds. The van der Waals surface area contributed by atoms with Crippen LogP contribution in [0, 0.1) is 0 Å². The highest BCUT2D eigenvalue weighted by Gasteiger charge is 2.33. The van der Waals surface area contributed by atoms with Gasteiger partial charge in [-0.25, -0.2) is 0 Å². The van der Waals surface area contributed by atoms with Crippen molar-refractivity contribution in [2.24, 2.45) is 0 Å². The topological polar surface area (TPSA) is 9.72 Å². The van der Waals surface area contributed by atoms with Gasteiger partial charge in [0.05, 0.1) is 0 Å².